The fourth-order valence-corrected chi connectivity index (χ4v) is 2.31. The van der Waals surface area contributed by atoms with E-state index in [4.69, 9.17) is 15.2 Å². The molecule has 1 aromatic carbocycles. The molecule has 1 saturated heterocycles. The van der Waals surface area contributed by atoms with Gasteiger partial charge in [-0.05, 0) is 24.5 Å². The van der Waals surface area contributed by atoms with Crippen molar-refractivity contribution in [1.82, 2.24) is 5.32 Å². The smallest absolute Gasteiger partial charge is 0.237 e. The van der Waals surface area contributed by atoms with Crippen LogP contribution in [0.3, 0.4) is 0 Å². The SMILES string of the molecule is Cc1ccc(CNC(=O)[C@@H](N)C(C)C)c(OC2CCOC2)c1. The highest BCUT2D eigenvalue weighted by atomic mass is 16.5. The van der Waals surface area contributed by atoms with Crippen LogP contribution in [0.4, 0.5) is 0 Å². The van der Waals surface area contributed by atoms with Gasteiger partial charge in [0.05, 0.1) is 19.3 Å². The quantitative estimate of drug-likeness (QED) is 0.840. The summed E-state index contributed by atoms with van der Waals surface area (Å²) in [7, 11) is 0. The van der Waals surface area contributed by atoms with Gasteiger partial charge in [-0.25, -0.2) is 0 Å². The lowest BCUT2D eigenvalue weighted by Crippen LogP contribution is -2.43. The summed E-state index contributed by atoms with van der Waals surface area (Å²) in [4.78, 5) is 12.0. The number of carbonyl (C=O) groups excluding carboxylic acids is 1. The van der Waals surface area contributed by atoms with Crippen LogP contribution in [-0.4, -0.2) is 31.3 Å². The molecule has 22 heavy (non-hydrogen) atoms. The molecule has 0 aliphatic carbocycles. The largest absolute Gasteiger partial charge is 0.488 e. The molecule has 0 saturated carbocycles. The van der Waals surface area contributed by atoms with E-state index in [0.717, 1.165) is 29.9 Å². The number of hydrogen-bond donors (Lipinski definition) is 2. The average Bonchev–Trinajstić information content (AvgIpc) is 2.98. The molecule has 1 fully saturated rings. The Morgan fingerprint density at radius 1 is 1.50 bits per heavy atom. The van der Waals surface area contributed by atoms with Crippen molar-refractivity contribution in [2.45, 2.75) is 45.9 Å². The maximum Gasteiger partial charge on any atom is 0.237 e. The minimum atomic E-state index is -0.488. The molecular weight excluding hydrogens is 280 g/mol. The summed E-state index contributed by atoms with van der Waals surface area (Å²) in [6.45, 7) is 7.68. The summed E-state index contributed by atoms with van der Waals surface area (Å²) in [5, 5.41) is 2.89. The van der Waals surface area contributed by atoms with Crippen molar-refractivity contribution >= 4 is 5.91 Å². The van der Waals surface area contributed by atoms with E-state index in [1.807, 2.05) is 39.0 Å². The summed E-state index contributed by atoms with van der Waals surface area (Å²) in [5.41, 5.74) is 7.95. The summed E-state index contributed by atoms with van der Waals surface area (Å²) in [6.07, 6.45) is 0.993. The molecule has 1 aliphatic heterocycles. The average molecular weight is 306 g/mol. The molecule has 1 amide bonds. The number of rotatable bonds is 6. The van der Waals surface area contributed by atoms with Gasteiger partial charge in [-0.15, -0.1) is 0 Å². The number of hydrogen-bond acceptors (Lipinski definition) is 4. The molecule has 1 aliphatic rings. The molecular formula is C17H26N2O3. The Bertz CT molecular complexity index is 511. The van der Waals surface area contributed by atoms with Crippen LogP contribution in [0.2, 0.25) is 0 Å². The van der Waals surface area contributed by atoms with Crippen LogP contribution in [0.1, 0.15) is 31.4 Å². The van der Waals surface area contributed by atoms with Crippen molar-refractivity contribution in [3.63, 3.8) is 0 Å². The van der Waals surface area contributed by atoms with Crippen LogP contribution >= 0.6 is 0 Å². The summed E-state index contributed by atoms with van der Waals surface area (Å²) < 4.78 is 11.4. The molecule has 5 heteroatoms. The van der Waals surface area contributed by atoms with Crippen LogP contribution in [0.5, 0.6) is 5.75 Å². The number of amides is 1. The first-order valence-corrected chi connectivity index (χ1v) is 7.84. The van der Waals surface area contributed by atoms with Crippen molar-refractivity contribution in [1.29, 1.82) is 0 Å². The molecule has 122 valence electrons. The van der Waals surface area contributed by atoms with Gasteiger partial charge in [-0.1, -0.05) is 26.0 Å². The second-order valence-electron chi connectivity index (χ2n) is 6.20. The number of nitrogens with one attached hydrogen (secondary N) is 1. The van der Waals surface area contributed by atoms with E-state index in [1.54, 1.807) is 0 Å². The second kappa shape index (κ2) is 7.61. The molecule has 0 radical (unpaired) electrons. The molecule has 0 spiro atoms. The molecule has 0 aromatic heterocycles. The predicted molar refractivity (Wildman–Crippen MR) is 85.7 cm³/mol. The van der Waals surface area contributed by atoms with E-state index in [2.05, 4.69) is 5.32 Å². The number of nitrogens with two attached hydrogens (primary N) is 1. The Hall–Kier alpha value is -1.59. The Morgan fingerprint density at radius 3 is 2.91 bits per heavy atom. The monoisotopic (exact) mass is 306 g/mol. The third-order valence-corrected chi connectivity index (χ3v) is 3.88. The lowest BCUT2D eigenvalue weighted by molar-refractivity contribution is -0.123. The van der Waals surface area contributed by atoms with E-state index in [0.29, 0.717) is 13.2 Å². The fraction of sp³-hybridized carbons (Fsp3) is 0.588. The molecule has 1 aromatic rings. The van der Waals surface area contributed by atoms with Gasteiger partial charge in [0.2, 0.25) is 5.91 Å². The van der Waals surface area contributed by atoms with Crippen molar-refractivity contribution in [2.24, 2.45) is 11.7 Å². The Balaban J connectivity index is 2.01. The van der Waals surface area contributed by atoms with Crippen molar-refractivity contribution < 1.29 is 14.3 Å². The Labute approximate surface area is 132 Å². The maximum absolute atomic E-state index is 12.0. The normalized spacial score (nSPS) is 19.2. The predicted octanol–water partition coefficient (Wildman–Crippen LogP) is 1.76. The molecule has 2 atom stereocenters. The van der Waals surface area contributed by atoms with E-state index >= 15 is 0 Å². The minimum Gasteiger partial charge on any atom is -0.488 e. The highest BCUT2D eigenvalue weighted by molar-refractivity contribution is 5.81. The van der Waals surface area contributed by atoms with E-state index in [-0.39, 0.29) is 17.9 Å². The van der Waals surface area contributed by atoms with Crippen LogP contribution < -0.4 is 15.8 Å². The molecule has 1 unspecified atom stereocenters. The van der Waals surface area contributed by atoms with Crippen molar-refractivity contribution in [3.8, 4) is 5.75 Å². The van der Waals surface area contributed by atoms with Gasteiger partial charge in [0, 0.05) is 18.5 Å². The first-order chi connectivity index (χ1) is 10.5. The van der Waals surface area contributed by atoms with E-state index < -0.39 is 6.04 Å². The highest BCUT2D eigenvalue weighted by Crippen LogP contribution is 2.23. The van der Waals surface area contributed by atoms with Crippen LogP contribution in [-0.2, 0) is 16.1 Å². The van der Waals surface area contributed by atoms with Crippen molar-refractivity contribution in [2.75, 3.05) is 13.2 Å². The lowest BCUT2D eigenvalue weighted by Gasteiger charge is -2.18. The second-order valence-corrected chi connectivity index (χ2v) is 6.20. The van der Waals surface area contributed by atoms with E-state index in [1.165, 1.54) is 0 Å². The zero-order chi connectivity index (χ0) is 16.1. The van der Waals surface area contributed by atoms with Gasteiger partial charge in [-0.2, -0.15) is 0 Å². The molecule has 0 bridgehead atoms. The Morgan fingerprint density at radius 2 is 2.27 bits per heavy atom. The zero-order valence-electron chi connectivity index (χ0n) is 13.6. The first kappa shape index (κ1) is 16.8. The lowest BCUT2D eigenvalue weighted by atomic mass is 10.0. The van der Waals surface area contributed by atoms with Crippen LogP contribution in [0, 0.1) is 12.8 Å². The minimum absolute atomic E-state index is 0.0918. The third kappa shape index (κ3) is 4.45. The summed E-state index contributed by atoms with van der Waals surface area (Å²) in [5.74, 6) is 0.795. The number of aryl methyl sites for hydroxylation is 1. The maximum atomic E-state index is 12.0. The summed E-state index contributed by atoms with van der Waals surface area (Å²) >= 11 is 0. The van der Waals surface area contributed by atoms with E-state index in [9.17, 15) is 4.79 Å². The topological polar surface area (TPSA) is 73.6 Å². The van der Waals surface area contributed by atoms with Crippen LogP contribution in [0.15, 0.2) is 18.2 Å². The molecule has 2 rings (SSSR count). The van der Waals surface area contributed by atoms with Gasteiger partial charge >= 0.3 is 0 Å². The van der Waals surface area contributed by atoms with Gasteiger partial charge in [-0.3, -0.25) is 4.79 Å². The number of benzene rings is 1. The van der Waals surface area contributed by atoms with Gasteiger partial charge in [0.25, 0.3) is 0 Å². The van der Waals surface area contributed by atoms with Gasteiger partial charge in [0.15, 0.2) is 0 Å². The van der Waals surface area contributed by atoms with Gasteiger partial charge < -0.3 is 20.5 Å². The number of carbonyl (C=O) groups is 1. The summed E-state index contributed by atoms with van der Waals surface area (Å²) in [6, 6.07) is 5.52. The zero-order valence-corrected chi connectivity index (χ0v) is 13.6. The standard InChI is InChI=1S/C17H26N2O3/c1-11(2)16(18)17(20)19-9-13-5-4-12(3)8-15(13)22-14-6-7-21-10-14/h4-5,8,11,14,16H,6-7,9-10,18H2,1-3H3,(H,19,20)/t14?,16-/m0/s1. The molecule has 3 N–H and O–H groups in total. The molecule has 1 heterocycles. The van der Waals surface area contributed by atoms with Gasteiger partial charge in [0.1, 0.15) is 11.9 Å². The molecule has 5 nitrogen and oxygen atoms in total. The highest BCUT2D eigenvalue weighted by Gasteiger charge is 2.20. The fourth-order valence-electron chi connectivity index (χ4n) is 2.31. The van der Waals surface area contributed by atoms with Crippen LogP contribution in [0.25, 0.3) is 0 Å². The first-order valence-electron chi connectivity index (χ1n) is 7.84. The number of ether oxygens (including phenoxy) is 2. The van der Waals surface area contributed by atoms with Crippen molar-refractivity contribution in [3.05, 3.63) is 29.3 Å². The Kier molecular flexibility index (Phi) is 5.80. The third-order valence-electron chi connectivity index (χ3n) is 3.88.